The number of rotatable bonds is 5. The number of carbonyl (C=O) groups excluding carboxylic acids is 2. The second-order valence-electron chi connectivity index (χ2n) is 8.67. The number of carbonyl (C=O) groups is 2. The van der Waals surface area contributed by atoms with E-state index in [2.05, 4.69) is 13.8 Å². The highest BCUT2D eigenvalue weighted by molar-refractivity contribution is 6.24. The van der Waals surface area contributed by atoms with Crippen molar-refractivity contribution in [1.29, 1.82) is 0 Å². The van der Waals surface area contributed by atoms with Crippen molar-refractivity contribution in [2.45, 2.75) is 57.3 Å². The Kier molecular flexibility index (Phi) is 5.25. The first kappa shape index (κ1) is 20.8. The number of amides is 2. The molecule has 166 valence electrons. The summed E-state index contributed by atoms with van der Waals surface area (Å²) in [6, 6.07) is 18.3. The van der Waals surface area contributed by atoms with Gasteiger partial charge in [0.15, 0.2) is 6.10 Å². The minimum absolute atomic E-state index is 0.226. The number of benzene rings is 2. The van der Waals surface area contributed by atoms with Gasteiger partial charge in [0.2, 0.25) is 5.91 Å². The molecule has 2 amide bonds. The molecule has 2 aromatic carbocycles. The molecule has 4 atom stereocenters. The van der Waals surface area contributed by atoms with Crippen molar-refractivity contribution in [2.24, 2.45) is 5.92 Å². The Bertz CT molecular complexity index is 1040. The van der Waals surface area contributed by atoms with E-state index in [-0.39, 0.29) is 11.8 Å². The van der Waals surface area contributed by atoms with E-state index in [1.54, 1.807) is 17.2 Å². The summed E-state index contributed by atoms with van der Waals surface area (Å²) >= 11 is 0. The Morgan fingerprint density at radius 1 is 0.938 bits per heavy atom. The van der Waals surface area contributed by atoms with Crippen LogP contribution in [0.25, 0.3) is 0 Å². The van der Waals surface area contributed by atoms with E-state index in [1.165, 1.54) is 10.5 Å². The van der Waals surface area contributed by atoms with Crippen LogP contribution < -0.4 is 9.96 Å². The molecule has 2 saturated heterocycles. The number of para-hydroxylation sites is 2. The van der Waals surface area contributed by atoms with Crippen LogP contribution in [0, 0.1) is 5.92 Å². The van der Waals surface area contributed by atoms with E-state index in [0.717, 1.165) is 24.9 Å². The van der Waals surface area contributed by atoms with E-state index >= 15 is 0 Å². The summed E-state index contributed by atoms with van der Waals surface area (Å²) in [6.45, 7) is 4.20. The molecule has 6 heteroatoms. The van der Waals surface area contributed by atoms with Crippen molar-refractivity contribution in [2.75, 3.05) is 9.96 Å². The van der Waals surface area contributed by atoms with Gasteiger partial charge in [-0.15, -0.1) is 0 Å². The van der Waals surface area contributed by atoms with E-state index in [9.17, 15) is 9.59 Å². The molecule has 0 bridgehead atoms. The molecule has 2 fully saturated rings. The lowest BCUT2D eigenvalue weighted by molar-refractivity contribution is -0.127. The fourth-order valence-corrected chi connectivity index (χ4v) is 5.22. The third-order valence-corrected chi connectivity index (χ3v) is 7.06. The Hall–Kier alpha value is -3.12. The molecular formula is C26H28N2O4. The normalized spacial score (nSPS) is 29.7. The number of hydrogen-bond donors (Lipinski definition) is 0. The van der Waals surface area contributed by atoms with Gasteiger partial charge in [-0.05, 0) is 55.5 Å². The van der Waals surface area contributed by atoms with Gasteiger partial charge >= 0.3 is 0 Å². The summed E-state index contributed by atoms with van der Waals surface area (Å²) in [5.41, 5.74) is 2.03. The summed E-state index contributed by atoms with van der Waals surface area (Å²) in [4.78, 5) is 34.7. The van der Waals surface area contributed by atoms with Crippen LogP contribution in [0.5, 0.6) is 0 Å². The van der Waals surface area contributed by atoms with E-state index in [1.807, 2.05) is 54.8 Å². The maximum absolute atomic E-state index is 13.7. The zero-order valence-electron chi connectivity index (χ0n) is 18.4. The SMILES string of the molecule is CCC1=CO[C@](CC)([C@@H]2[C@@H]3C(=O)N(c4ccccc4)C(=O)[C@H]3ON2c2ccccc2)CC1. The molecule has 5 rings (SSSR count). The Morgan fingerprint density at radius 3 is 2.16 bits per heavy atom. The van der Waals surface area contributed by atoms with Gasteiger partial charge in [-0.1, -0.05) is 50.2 Å². The number of hydroxylamine groups is 1. The molecule has 32 heavy (non-hydrogen) atoms. The Labute approximate surface area is 188 Å². The lowest BCUT2D eigenvalue weighted by atomic mass is 9.76. The molecule has 6 nitrogen and oxygen atoms in total. The average molecular weight is 433 g/mol. The van der Waals surface area contributed by atoms with Crippen LogP contribution >= 0.6 is 0 Å². The van der Waals surface area contributed by atoms with Crippen molar-refractivity contribution >= 4 is 23.2 Å². The molecule has 0 spiro atoms. The maximum Gasteiger partial charge on any atom is 0.266 e. The summed E-state index contributed by atoms with van der Waals surface area (Å²) in [7, 11) is 0. The summed E-state index contributed by atoms with van der Waals surface area (Å²) < 4.78 is 6.42. The predicted molar refractivity (Wildman–Crippen MR) is 122 cm³/mol. The van der Waals surface area contributed by atoms with E-state index in [0.29, 0.717) is 12.1 Å². The van der Waals surface area contributed by atoms with Crippen LogP contribution in [0.1, 0.15) is 39.5 Å². The fraction of sp³-hybridized carbons (Fsp3) is 0.385. The average Bonchev–Trinajstić information content (AvgIpc) is 3.36. The Morgan fingerprint density at radius 2 is 1.59 bits per heavy atom. The highest BCUT2D eigenvalue weighted by atomic mass is 16.7. The van der Waals surface area contributed by atoms with Gasteiger partial charge in [-0.2, -0.15) is 0 Å². The van der Waals surface area contributed by atoms with Crippen LogP contribution in [0.15, 0.2) is 72.5 Å². The van der Waals surface area contributed by atoms with Crippen LogP contribution in [-0.4, -0.2) is 29.6 Å². The minimum Gasteiger partial charge on any atom is -0.493 e. The highest BCUT2D eigenvalue weighted by Gasteiger charge is 2.65. The monoisotopic (exact) mass is 432 g/mol. The number of nitrogens with zero attached hydrogens (tertiary/aromatic N) is 2. The molecule has 3 aliphatic heterocycles. The van der Waals surface area contributed by atoms with Gasteiger partial charge in [0, 0.05) is 0 Å². The second kappa shape index (κ2) is 8.10. The predicted octanol–water partition coefficient (Wildman–Crippen LogP) is 4.62. The summed E-state index contributed by atoms with van der Waals surface area (Å²) in [6.07, 6.45) is 4.32. The van der Waals surface area contributed by atoms with Gasteiger partial charge < -0.3 is 4.74 Å². The van der Waals surface area contributed by atoms with Crippen LogP contribution in [0.4, 0.5) is 11.4 Å². The standard InChI is InChI=1S/C26H28N2O4/c1-3-18-15-16-26(4-2,31-17-18)23-21-22(32-28(23)20-13-9-6-10-14-20)25(30)27(24(21)29)19-11-7-5-8-12-19/h5-14,17,21-23H,3-4,15-16H2,1-2H3/t21-,22+,23+,26+/m1/s1. The summed E-state index contributed by atoms with van der Waals surface area (Å²) in [5, 5.41) is 1.77. The Balaban J connectivity index is 1.58. The van der Waals surface area contributed by atoms with Crippen molar-refractivity contribution in [1.82, 2.24) is 0 Å². The zero-order chi connectivity index (χ0) is 22.3. The van der Waals surface area contributed by atoms with Gasteiger partial charge in [0.05, 0.1) is 17.6 Å². The maximum atomic E-state index is 13.7. The highest BCUT2D eigenvalue weighted by Crippen LogP contribution is 2.48. The number of allylic oxidation sites excluding steroid dienone is 1. The molecular weight excluding hydrogens is 404 g/mol. The zero-order valence-corrected chi connectivity index (χ0v) is 18.4. The molecule has 0 saturated carbocycles. The van der Waals surface area contributed by atoms with E-state index in [4.69, 9.17) is 9.57 Å². The van der Waals surface area contributed by atoms with Gasteiger partial charge in [0.1, 0.15) is 17.6 Å². The number of anilines is 2. The van der Waals surface area contributed by atoms with Gasteiger partial charge in [-0.25, -0.2) is 9.96 Å². The quantitative estimate of drug-likeness (QED) is 0.646. The summed E-state index contributed by atoms with van der Waals surface area (Å²) in [5.74, 6) is -1.18. The molecule has 0 N–H and O–H groups in total. The topological polar surface area (TPSA) is 59.1 Å². The molecule has 0 aliphatic carbocycles. The van der Waals surface area contributed by atoms with Crippen LogP contribution in [-0.2, 0) is 19.2 Å². The van der Waals surface area contributed by atoms with E-state index < -0.39 is 23.7 Å². The number of ether oxygens (including phenoxy) is 1. The van der Waals surface area contributed by atoms with Crippen LogP contribution in [0.2, 0.25) is 0 Å². The first-order valence-corrected chi connectivity index (χ1v) is 11.4. The number of fused-ring (bicyclic) bond motifs is 1. The first-order valence-electron chi connectivity index (χ1n) is 11.4. The van der Waals surface area contributed by atoms with Gasteiger partial charge in [0.25, 0.3) is 5.91 Å². The molecule has 3 aliphatic rings. The first-order chi connectivity index (χ1) is 15.6. The number of imide groups is 1. The molecule has 0 aromatic heterocycles. The largest absolute Gasteiger partial charge is 0.493 e. The van der Waals surface area contributed by atoms with Crippen molar-refractivity contribution < 1.29 is 19.2 Å². The van der Waals surface area contributed by atoms with Crippen LogP contribution in [0.3, 0.4) is 0 Å². The minimum atomic E-state index is -0.864. The van der Waals surface area contributed by atoms with Gasteiger partial charge in [-0.3, -0.25) is 14.4 Å². The fourth-order valence-electron chi connectivity index (χ4n) is 5.22. The third kappa shape index (κ3) is 3.13. The molecule has 0 radical (unpaired) electrons. The number of hydrogen-bond acceptors (Lipinski definition) is 5. The molecule has 0 unspecified atom stereocenters. The van der Waals surface area contributed by atoms with Crippen molar-refractivity contribution in [3.05, 3.63) is 72.5 Å². The third-order valence-electron chi connectivity index (χ3n) is 7.06. The van der Waals surface area contributed by atoms with Crippen molar-refractivity contribution in [3.8, 4) is 0 Å². The molecule has 2 aromatic rings. The molecule has 3 heterocycles. The lowest BCUT2D eigenvalue weighted by Crippen LogP contribution is -2.56. The van der Waals surface area contributed by atoms with Crippen molar-refractivity contribution in [3.63, 3.8) is 0 Å². The lowest BCUT2D eigenvalue weighted by Gasteiger charge is -2.45. The second-order valence-corrected chi connectivity index (χ2v) is 8.67. The smallest absolute Gasteiger partial charge is 0.266 e.